The average Bonchev–Trinajstić information content (AvgIpc) is 3.32. The molecule has 33 heavy (non-hydrogen) atoms. The fourth-order valence-corrected chi connectivity index (χ4v) is 4.94. The van der Waals surface area contributed by atoms with Gasteiger partial charge in [-0.2, -0.15) is 0 Å². The Bertz CT molecular complexity index is 1300. The van der Waals surface area contributed by atoms with Gasteiger partial charge in [0.2, 0.25) is 15.9 Å². The van der Waals surface area contributed by atoms with E-state index in [4.69, 9.17) is 4.42 Å². The lowest BCUT2D eigenvalue weighted by molar-refractivity contribution is -0.117. The fraction of sp³-hybridized carbons (Fsp3) is 0.250. The van der Waals surface area contributed by atoms with Crippen molar-refractivity contribution < 1.29 is 22.4 Å². The highest BCUT2D eigenvalue weighted by Gasteiger charge is 2.35. The summed E-state index contributed by atoms with van der Waals surface area (Å²) in [6, 6.07) is 15.1. The van der Waals surface area contributed by atoms with Gasteiger partial charge in [-0.15, -0.1) is 0 Å². The van der Waals surface area contributed by atoms with Gasteiger partial charge in [0.1, 0.15) is 0 Å². The first-order valence-electron chi connectivity index (χ1n) is 10.4. The molecule has 1 aliphatic rings. The van der Waals surface area contributed by atoms with Crippen LogP contribution in [0.25, 0.3) is 11.1 Å². The molecule has 0 radical (unpaired) electrons. The molecular formula is C24H25N3O5S. The van der Waals surface area contributed by atoms with E-state index < -0.39 is 10.0 Å². The first kappa shape index (κ1) is 22.8. The van der Waals surface area contributed by atoms with Crippen LogP contribution in [-0.4, -0.2) is 51.2 Å². The van der Waals surface area contributed by atoms with Gasteiger partial charge >= 0.3 is 0 Å². The van der Waals surface area contributed by atoms with Crippen LogP contribution in [0, 0.1) is 0 Å². The number of carbonyl (C=O) groups excluding carboxylic acids is 2. The van der Waals surface area contributed by atoms with E-state index in [1.165, 1.54) is 27.3 Å². The van der Waals surface area contributed by atoms with Gasteiger partial charge in [-0.25, -0.2) is 12.7 Å². The molecule has 0 fully saturated rings. The summed E-state index contributed by atoms with van der Waals surface area (Å²) in [4.78, 5) is 29.0. The number of hydrogen-bond acceptors (Lipinski definition) is 5. The second-order valence-electron chi connectivity index (χ2n) is 8.15. The zero-order valence-corrected chi connectivity index (χ0v) is 19.7. The van der Waals surface area contributed by atoms with Crippen molar-refractivity contribution in [1.82, 2.24) is 4.31 Å². The maximum atomic E-state index is 13.2. The molecule has 0 saturated heterocycles. The molecule has 3 aromatic rings. The van der Waals surface area contributed by atoms with Crippen LogP contribution in [0.2, 0.25) is 0 Å². The topological polar surface area (TPSA) is 91.1 Å². The van der Waals surface area contributed by atoms with Gasteiger partial charge < -0.3 is 14.2 Å². The molecule has 0 unspecified atom stereocenters. The Labute approximate surface area is 193 Å². The summed E-state index contributed by atoms with van der Waals surface area (Å²) < 4.78 is 31.2. The molecule has 2 amide bonds. The number of amides is 2. The van der Waals surface area contributed by atoms with Crippen LogP contribution in [0.4, 0.5) is 11.4 Å². The maximum absolute atomic E-state index is 13.2. The highest BCUT2D eigenvalue weighted by molar-refractivity contribution is 7.89. The zero-order valence-electron chi connectivity index (χ0n) is 18.8. The summed E-state index contributed by atoms with van der Waals surface area (Å²) in [5.41, 5.74) is 2.80. The van der Waals surface area contributed by atoms with Crippen molar-refractivity contribution in [3.8, 4) is 11.1 Å². The number of furan rings is 1. The van der Waals surface area contributed by atoms with E-state index in [1.807, 2.05) is 25.1 Å². The summed E-state index contributed by atoms with van der Waals surface area (Å²) >= 11 is 0. The lowest BCUT2D eigenvalue weighted by Crippen LogP contribution is -2.51. The van der Waals surface area contributed by atoms with Crippen molar-refractivity contribution in [2.24, 2.45) is 0 Å². The second kappa shape index (κ2) is 8.49. The summed E-state index contributed by atoms with van der Waals surface area (Å²) in [6.07, 6.45) is 1.45. The van der Waals surface area contributed by atoms with E-state index >= 15 is 0 Å². The van der Waals surface area contributed by atoms with Crippen LogP contribution in [0.3, 0.4) is 0 Å². The first-order chi connectivity index (χ1) is 15.6. The van der Waals surface area contributed by atoms with Crippen molar-refractivity contribution in [3.05, 3.63) is 66.6 Å². The molecule has 0 N–H and O–H groups in total. The molecule has 1 atom stereocenters. The number of anilines is 2. The van der Waals surface area contributed by atoms with Crippen LogP contribution >= 0.6 is 0 Å². The molecule has 4 rings (SSSR count). The number of sulfonamides is 1. The van der Waals surface area contributed by atoms with Gasteiger partial charge in [0.05, 0.1) is 28.6 Å². The minimum atomic E-state index is -3.53. The number of nitrogens with zero attached hydrogens (tertiary/aromatic N) is 3. The molecule has 2 aromatic carbocycles. The third-order valence-electron chi connectivity index (χ3n) is 5.70. The highest BCUT2D eigenvalue weighted by atomic mass is 32.2. The van der Waals surface area contributed by atoms with Gasteiger partial charge in [0.15, 0.2) is 5.76 Å². The SMILES string of the molecule is CC(=O)N1c2ccc(-c3ccc(S(=O)(=O)N(C)C)cc3)cc2N(C(=O)c2ccco2)C[C@@H]1C. The predicted molar refractivity (Wildman–Crippen MR) is 126 cm³/mol. The third kappa shape index (κ3) is 4.05. The van der Waals surface area contributed by atoms with E-state index in [-0.39, 0.29) is 28.5 Å². The van der Waals surface area contributed by atoms with Gasteiger partial charge in [0, 0.05) is 27.6 Å². The van der Waals surface area contributed by atoms with Crippen LogP contribution in [0.15, 0.2) is 70.2 Å². The Balaban J connectivity index is 1.79. The minimum absolute atomic E-state index is 0.111. The summed E-state index contributed by atoms with van der Waals surface area (Å²) in [6.45, 7) is 3.71. The van der Waals surface area contributed by atoms with Crippen molar-refractivity contribution in [2.75, 3.05) is 30.4 Å². The van der Waals surface area contributed by atoms with Crippen LogP contribution in [-0.2, 0) is 14.8 Å². The van der Waals surface area contributed by atoms with Crippen molar-refractivity contribution in [3.63, 3.8) is 0 Å². The molecule has 172 valence electrons. The Morgan fingerprint density at radius 1 is 1.00 bits per heavy atom. The van der Waals surface area contributed by atoms with Gasteiger partial charge in [-0.05, 0) is 54.4 Å². The molecule has 1 aromatic heterocycles. The monoisotopic (exact) mass is 467 g/mol. The van der Waals surface area contributed by atoms with Crippen molar-refractivity contribution >= 4 is 33.2 Å². The molecule has 1 aliphatic heterocycles. The molecule has 0 spiro atoms. The summed E-state index contributed by atoms with van der Waals surface area (Å²) in [7, 11) is -0.562. The number of rotatable bonds is 4. The Morgan fingerprint density at radius 2 is 1.67 bits per heavy atom. The third-order valence-corrected chi connectivity index (χ3v) is 7.53. The number of benzene rings is 2. The number of fused-ring (bicyclic) bond motifs is 1. The van der Waals surface area contributed by atoms with E-state index in [0.29, 0.717) is 17.9 Å². The average molecular weight is 468 g/mol. The lowest BCUT2D eigenvalue weighted by Gasteiger charge is -2.40. The summed E-state index contributed by atoms with van der Waals surface area (Å²) in [5, 5.41) is 0. The highest BCUT2D eigenvalue weighted by Crippen LogP contribution is 2.39. The lowest BCUT2D eigenvalue weighted by atomic mass is 10.0. The molecule has 0 bridgehead atoms. The Kier molecular flexibility index (Phi) is 5.85. The predicted octanol–water partition coefficient (Wildman–Crippen LogP) is 3.60. The Morgan fingerprint density at radius 3 is 2.24 bits per heavy atom. The normalized spacial score (nSPS) is 16.1. The first-order valence-corrected chi connectivity index (χ1v) is 11.9. The standard InChI is InChI=1S/C24H25N3O5S/c1-16-15-26(24(29)23-6-5-13-32-23)22-14-19(9-12-21(22)27(16)17(2)28)18-7-10-20(11-8-18)33(30,31)25(3)4/h5-14,16H,15H2,1-4H3/t16-/m0/s1. The molecular weight excluding hydrogens is 442 g/mol. The second-order valence-corrected chi connectivity index (χ2v) is 10.3. The van der Waals surface area contributed by atoms with Crippen molar-refractivity contribution in [2.45, 2.75) is 24.8 Å². The number of hydrogen-bond donors (Lipinski definition) is 0. The molecule has 0 saturated carbocycles. The van der Waals surface area contributed by atoms with Crippen LogP contribution in [0.5, 0.6) is 0 Å². The largest absolute Gasteiger partial charge is 0.459 e. The number of carbonyl (C=O) groups is 2. The smallest absolute Gasteiger partial charge is 0.294 e. The van der Waals surface area contributed by atoms with Gasteiger partial charge in [-0.3, -0.25) is 9.59 Å². The van der Waals surface area contributed by atoms with E-state index in [2.05, 4.69) is 0 Å². The summed E-state index contributed by atoms with van der Waals surface area (Å²) in [5.74, 6) is -0.186. The zero-order chi connectivity index (χ0) is 23.9. The maximum Gasteiger partial charge on any atom is 0.294 e. The van der Waals surface area contributed by atoms with Crippen LogP contribution in [0.1, 0.15) is 24.4 Å². The van der Waals surface area contributed by atoms with Gasteiger partial charge in [-0.1, -0.05) is 18.2 Å². The van der Waals surface area contributed by atoms with E-state index in [1.54, 1.807) is 46.2 Å². The van der Waals surface area contributed by atoms with Gasteiger partial charge in [0.25, 0.3) is 5.91 Å². The molecule has 0 aliphatic carbocycles. The van der Waals surface area contributed by atoms with Crippen molar-refractivity contribution in [1.29, 1.82) is 0 Å². The molecule has 2 heterocycles. The molecule has 9 heteroatoms. The quantitative estimate of drug-likeness (QED) is 0.585. The Hall–Kier alpha value is -3.43. The van der Waals surface area contributed by atoms with Crippen LogP contribution < -0.4 is 9.80 Å². The van der Waals surface area contributed by atoms with E-state index in [0.717, 1.165) is 15.4 Å². The van der Waals surface area contributed by atoms with E-state index in [9.17, 15) is 18.0 Å². The minimum Gasteiger partial charge on any atom is -0.459 e. The molecule has 8 nitrogen and oxygen atoms in total. The fourth-order valence-electron chi connectivity index (χ4n) is 4.04.